The molecular weight excluding hydrogens is 410 g/mol. The third-order valence-electron chi connectivity index (χ3n) is 3.94. The van der Waals surface area contributed by atoms with Crippen LogP contribution in [0.2, 0.25) is 5.02 Å². The quantitative estimate of drug-likeness (QED) is 0.694. The molecule has 0 N–H and O–H groups in total. The Morgan fingerprint density at radius 2 is 2.08 bits per heavy atom. The number of benzene rings is 2. The Kier molecular flexibility index (Phi) is 5.74. The molecule has 1 aliphatic rings. The van der Waals surface area contributed by atoms with Crippen molar-refractivity contribution in [3.05, 3.63) is 63.1 Å². The van der Waals surface area contributed by atoms with E-state index in [2.05, 4.69) is 15.9 Å². The molecule has 1 saturated heterocycles. The minimum Gasteiger partial charge on any atom is -0.496 e. The molecule has 1 heterocycles. The number of carbonyl (C=O) groups is 1. The number of rotatable bonds is 4. The summed E-state index contributed by atoms with van der Waals surface area (Å²) in [5.74, 6) is 1.85. The Labute approximate surface area is 159 Å². The van der Waals surface area contributed by atoms with Crippen LogP contribution in [0.25, 0.3) is 0 Å². The van der Waals surface area contributed by atoms with Gasteiger partial charge in [-0.15, -0.1) is 11.8 Å². The summed E-state index contributed by atoms with van der Waals surface area (Å²) >= 11 is 11.2. The first kappa shape index (κ1) is 17.6. The van der Waals surface area contributed by atoms with Crippen LogP contribution >= 0.6 is 39.3 Å². The van der Waals surface area contributed by atoms with Crippen LogP contribution in [0.4, 0.5) is 0 Å². The van der Waals surface area contributed by atoms with E-state index in [0.717, 1.165) is 33.6 Å². The van der Waals surface area contributed by atoms with Gasteiger partial charge in [-0.05, 0) is 35.9 Å². The highest BCUT2D eigenvalue weighted by Crippen LogP contribution is 2.43. The molecule has 2 aromatic carbocycles. The minimum absolute atomic E-state index is 0.0164. The Bertz CT molecular complexity index is 738. The molecule has 126 valence electrons. The molecule has 6 heteroatoms. The number of ether oxygens (including phenoxy) is 1. The summed E-state index contributed by atoms with van der Waals surface area (Å²) < 4.78 is 6.47. The van der Waals surface area contributed by atoms with Crippen molar-refractivity contribution in [1.82, 2.24) is 4.90 Å². The number of hydrogen-bond donors (Lipinski definition) is 0. The predicted octanol–water partition coefficient (Wildman–Crippen LogP) is 4.93. The normalized spacial score (nSPS) is 17.1. The fraction of sp³-hybridized carbons (Fsp3) is 0.278. The van der Waals surface area contributed by atoms with Crippen molar-refractivity contribution in [3.63, 3.8) is 0 Å². The van der Waals surface area contributed by atoms with Gasteiger partial charge in [0.25, 0.3) is 0 Å². The molecule has 3 rings (SSSR count). The molecule has 2 aromatic rings. The Morgan fingerprint density at radius 1 is 1.33 bits per heavy atom. The number of carbonyl (C=O) groups excluding carboxylic acids is 1. The fourth-order valence-corrected chi connectivity index (χ4v) is 4.56. The molecule has 0 aliphatic carbocycles. The van der Waals surface area contributed by atoms with Crippen LogP contribution in [-0.2, 0) is 11.2 Å². The molecule has 0 aromatic heterocycles. The van der Waals surface area contributed by atoms with Crippen molar-refractivity contribution in [2.45, 2.75) is 11.8 Å². The second-order valence-corrected chi connectivity index (χ2v) is 8.04. The largest absolute Gasteiger partial charge is 0.496 e. The lowest BCUT2D eigenvalue weighted by Crippen LogP contribution is -2.31. The van der Waals surface area contributed by atoms with Gasteiger partial charge in [0.1, 0.15) is 11.1 Å². The van der Waals surface area contributed by atoms with Gasteiger partial charge in [-0.3, -0.25) is 4.79 Å². The highest BCUT2D eigenvalue weighted by Gasteiger charge is 2.32. The van der Waals surface area contributed by atoms with Gasteiger partial charge in [0, 0.05) is 27.4 Å². The Balaban J connectivity index is 1.81. The number of nitrogens with zero attached hydrogens (tertiary/aromatic N) is 1. The summed E-state index contributed by atoms with van der Waals surface area (Å²) in [6, 6.07) is 13.3. The highest BCUT2D eigenvalue weighted by molar-refractivity contribution is 9.10. The van der Waals surface area contributed by atoms with E-state index in [1.807, 2.05) is 47.4 Å². The van der Waals surface area contributed by atoms with Crippen molar-refractivity contribution < 1.29 is 9.53 Å². The zero-order chi connectivity index (χ0) is 17.1. The summed E-state index contributed by atoms with van der Waals surface area (Å²) in [6.45, 7) is 0.747. The second-order valence-electron chi connectivity index (χ2n) is 5.50. The molecule has 24 heavy (non-hydrogen) atoms. The smallest absolute Gasteiger partial charge is 0.228 e. The maximum Gasteiger partial charge on any atom is 0.228 e. The molecule has 1 amide bonds. The van der Waals surface area contributed by atoms with Crippen molar-refractivity contribution in [2.75, 3.05) is 19.4 Å². The van der Waals surface area contributed by atoms with Gasteiger partial charge in [0.05, 0.1) is 13.5 Å². The molecule has 1 fully saturated rings. The van der Waals surface area contributed by atoms with Gasteiger partial charge in [-0.2, -0.15) is 0 Å². The van der Waals surface area contributed by atoms with Crippen LogP contribution in [0.15, 0.2) is 46.9 Å². The van der Waals surface area contributed by atoms with Crippen molar-refractivity contribution in [2.24, 2.45) is 0 Å². The third kappa shape index (κ3) is 3.90. The van der Waals surface area contributed by atoms with Crippen LogP contribution in [0.1, 0.15) is 16.5 Å². The van der Waals surface area contributed by atoms with E-state index < -0.39 is 0 Å². The Morgan fingerprint density at radius 3 is 2.79 bits per heavy atom. The first-order valence-corrected chi connectivity index (χ1v) is 9.79. The number of halogens is 2. The molecule has 0 radical (unpaired) electrons. The molecule has 1 unspecified atom stereocenters. The van der Waals surface area contributed by atoms with Crippen LogP contribution < -0.4 is 4.74 Å². The number of methoxy groups -OCH3 is 1. The van der Waals surface area contributed by atoms with E-state index in [0.29, 0.717) is 11.4 Å². The van der Waals surface area contributed by atoms with Gasteiger partial charge in [0.15, 0.2) is 0 Å². The minimum atomic E-state index is -0.0164. The van der Waals surface area contributed by atoms with Crippen LogP contribution in [-0.4, -0.2) is 30.2 Å². The van der Waals surface area contributed by atoms with E-state index in [1.54, 1.807) is 18.9 Å². The number of amides is 1. The van der Waals surface area contributed by atoms with E-state index in [1.165, 1.54) is 0 Å². The maximum atomic E-state index is 12.8. The Hall–Kier alpha value is -1.17. The molecule has 0 saturated carbocycles. The van der Waals surface area contributed by atoms with Crippen molar-refractivity contribution >= 4 is 45.2 Å². The summed E-state index contributed by atoms with van der Waals surface area (Å²) in [5, 5.41) is 0.664. The van der Waals surface area contributed by atoms with Crippen LogP contribution in [0, 0.1) is 0 Å². The van der Waals surface area contributed by atoms with Crippen molar-refractivity contribution in [1.29, 1.82) is 0 Å². The molecule has 1 aliphatic heterocycles. The van der Waals surface area contributed by atoms with E-state index in [4.69, 9.17) is 16.3 Å². The summed E-state index contributed by atoms with van der Waals surface area (Å²) in [5.41, 5.74) is 2.00. The summed E-state index contributed by atoms with van der Waals surface area (Å²) in [6.07, 6.45) is 0.380. The van der Waals surface area contributed by atoms with Gasteiger partial charge in [-0.1, -0.05) is 39.7 Å². The van der Waals surface area contributed by atoms with E-state index >= 15 is 0 Å². The highest BCUT2D eigenvalue weighted by atomic mass is 79.9. The van der Waals surface area contributed by atoms with Gasteiger partial charge in [0.2, 0.25) is 5.91 Å². The van der Waals surface area contributed by atoms with Crippen LogP contribution in [0.3, 0.4) is 0 Å². The molecule has 0 bridgehead atoms. The van der Waals surface area contributed by atoms with Gasteiger partial charge in [-0.25, -0.2) is 0 Å². The fourth-order valence-electron chi connectivity index (χ4n) is 2.76. The lowest BCUT2D eigenvalue weighted by molar-refractivity contribution is -0.130. The standard InChI is InChI=1S/C18H17BrClNO2S/c1-23-16-7-4-13(19)11-15(16)18-21(8-9-24-18)17(22)10-12-2-5-14(20)6-3-12/h2-7,11,18H,8-10H2,1H3. The third-order valence-corrected chi connectivity index (χ3v) is 5.93. The molecule has 1 atom stereocenters. The van der Waals surface area contributed by atoms with E-state index in [9.17, 15) is 4.79 Å². The summed E-state index contributed by atoms with van der Waals surface area (Å²) in [4.78, 5) is 14.7. The average Bonchev–Trinajstić information content (AvgIpc) is 3.06. The lowest BCUT2D eigenvalue weighted by Gasteiger charge is -2.25. The van der Waals surface area contributed by atoms with Crippen LogP contribution in [0.5, 0.6) is 5.75 Å². The SMILES string of the molecule is COc1ccc(Br)cc1C1SCCN1C(=O)Cc1ccc(Cl)cc1. The zero-order valence-corrected chi connectivity index (χ0v) is 16.3. The average molecular weight is 427 g/mol. The van der Waals surface area contributed by atoms with Gasteiger partial charge < -0.3 is 9.64 Å². The first-order valence-electron chi connectivity index (χ1n) is 7.57. The van der Waals surface area contributed by atoms with Crippen molar-refractivity contribution in [3.8, 4) is 5.75 Å². The number of thioether (sulfide) groups is 1. The molecular formula is C18H17BrClNO2S. The topological polar surface area (TPSA) is 29.5 Å². The molecule has 3 nitrogen and oxygen atoms in total. The monoisotopic (exact) mass is 425 g/mol. The molecule has 0 spiro atoms. The van der Waals surface area contributed by atoms with E-state index in [-0.39, 0.29) is 11.3 Å². The predicted molar refractivity (Wildman–Crippen MR) is 103 cm³/mol. The summed E-state index contributed by atoms with van der Waals surface area (Å²) in [7, 11) is 1.66. The zero-order valence-electron chi connectivity index (χ0n) is 13.2. The van der Waals surface area contributed by atoms with Gasteiger partial charge >= 0.3 is 0 Å². The first-order chi connectivity index (χ1) is 11.6. The number of hydrogen-bond acceptors (Lipinski definition) is 3. The lowest BCUT2D eigenvalue weighted by atomic mass is 10.1. The maximum absolute atomic E-state index is 12.8. The second kappa shape index (κ2) is 7.81.